The molecule has 0 radical (unpaired) electrons. The van der Waals surface area contributed by atoms with Gasteiger partial charge in [0.25, 0.3) is 0 Å². The van der Waals surface area contributed by atoms with E-state index >= 15 is 0 Å². The number of hydrogen-bond acceptors (Lipinski definition) is 2. The van der Waals surface area contributed by atoms with Gasteiger partial charge in [-0.05, 0) is 48.4 Å². The van der Waals surface area contributed by atoms with Gasteiger partial charge in [-0.15, -0.1) is 0 Å². The summed E-state index contributed by atoms with van der Waals surface area (Å²) >= 11 is 0. The fourth-order valence-electron chi connectivity index (χ4n) is 3.36. The lowest BCUT2D eigenvalue weighted by molar-refractivity contribution is -0.131. The van der Waals surface area contributed by atoms with Crippen molar-refractivity contribution >= 4 is 5.91 Å². The van der Waals surface area contributed by atoms with Crippen LogP contribution in [0.15, 0.2) is 54.6 Å². The van der Waals surface area contributed by atoms with E-state index in [2.05, 4.69) is 29.6 Å². The second-order valence-electron chi connectivity index (χ2n) is 6.74. The quantitative estimate of drug-likeness (QED) is 0.874. The SMILES string of the molecule is O=C(CNCc1ccc(F)cc1)N1CCC(Cc2ccccc2)CC1. The molecular weight excluding hydrogens is 315 g/mol. The molecule has 0 bridgehead atoms. The Morgan fingerprint density at radius 2 is 1.68 bits per heavy atom. The van der Waals surface area contributed by atoms with E-state index in [0.717, 1.165) is 37.9 Å². The van der Waals surface area contributed by atoms with Gasteiger partial charge < -0.3 is 10.2 Å². The lowest BCUT2D eigenvalue weighted by atomic mass is 9.90. The highest BCUT2D eigenvalue weighted by atomic mass is 19.1. The largest absolute Gasteiger partial charge is 0.342 e. The maximum absolute atomic E-state index is 12.9. The summed E-state index contributed by atoms with van der Waals surface area (Å²) in [5.74, 6) is 0.581. The first-order valence-corrected chi connectivity index (χ1v) is 8.97. The maximum atomic E-state index is 12.9. The number of amides is 1. The number of nitrogens with zero attached hydrogens (tertiary/aromatic N) is 1. The Hall–Kier alpha value is -2.20. The average molecular weight is 340 g/mol. The first kappa shape index (κ1) is 17.6. The molecule has 1 heterocycles. The molecule has 25 heavy (non-hydrogen) atoms. The number of piperidine rings is 1. The Bertz CT molecular complexity index is 664. The summed E-state index contributed by atoms with van der Waals surface area (Å²) in [5.41, 5.74) is 2.36. The van der Waals surface area contributed by atoms with Crippen LogP contribution in [-0.4, -0.2) is 30.4 Å². The second-order valence-corrected chi connectivity index (χ2v) is 6.74. The average Bonchev–Trinajstić information content (AvgIpc) is 2.65. The van der Waals surface area contributed by atoms with E-state index in [4.69, 9.17) is 0 Å². The second kappa shape index (κ2) is 8.77. The van der Waals surface area contributed by atoms with Gasteiger partial charge in [0.1, 0.15) is 5.82 Å². The Kier molecular flexibility index (Phi) is 6.18. The minimum Gasteiger partial charge on any atom is -0.342 e. The van der Waals surface area contributed by atoms with Crippen LogP contribution >= 0.6 is 0 Å². The molecular formula is C21H25FN2O. The Labute approximate surface area is 148 Å². The summed E-state index contributed by atoms with van der Waals surface area (Å²) in [5, 5.41) is 3.16. The van der Waals surface area contributed by atoms with Gasteiger partial charge in [-0.2, -0.15) is 0 Å². The number of halogens is 1. The first-order valence-electron chi connectivity index (χ1n) is 8.97. The van der Waals surface area contributed by atoms with Gasteiger partial charge in [0.2, 0.25) is 5.91 Å². The van der Waals surface area contributed by atoms with Crippen LogP contribution < -0.4 is 5.32 Å². The molecule has 0 atom stereocenters. The number of likely N-dealkylation sites (tertiary alicyclic amines) is 1. The van der Waals surface area contributed by atoms with Crippen LogP contribution in [0.4, 0.5) is 4.39 Å². The third-order valence-electron chi connectivity index (χ3n) is 4.85. The lowest BCUT2D eigenvalue weighted by Crippen LogP contribution is -2.43. The minimum atomic E-state index is -0.238. The normalized spacial score (nSPS) is 15.3. The molecule has 1 aliphatic heterocycles. The summed E-state index contributed by atoms with van der Waals surface area (Å²) in [6.07, 6.45) is 3.24. The zero-order valence-electron chi connectivity index (χ0n) is 14.5. The van der Waals surface area contributed by atoms with Crippen molar-refractivity contribution in [2.24, 2.45) is 5.92 Å². The van der Waals surface area contributed by atoms with E-state index in [0.29, 0.717) is 19.0 Å². The molecule has 0 spiro atoms. The molecule has 0 saturated carbocycles. The monoisotopic (exact) mass is 340 g/mol. The molecule has 1 saturated heterocycles. The number of benzene rings is 2. The molecule has 3 nitrogen and oxygen atoms in total. The Balaban J connectivity index is 1.37. The van der Waals surface area contributed by atoms with Gasteiger partial charge in [-0.3, -0.25) is 4.79 Å². The summed E-state index contributed by atoms with van der Waals surface area (Å²) in [7, 11) is 0. The van der Waals surface area contributed by atoms with E-state index in [-0.39, 0.29) is 11.7 Å². The predicted octanol–water partition coefficient (Wildman–Crippen LogP) is 3.40. The van der Waals surface area contributed by atoms with Crippen molar-refractivity contribution in [2.75, 3.05) is 19.6 Å². The molecule has 0 aliphatic carbocycles. The van der Waals surface area contributed by atoms with Gasteiger partial charge >= 0.3 is 0 Å². The van der Waals surface area contributed by atoms with Crippen LogP contribution in [0.25, 0.3) is 0 Å². The van der Waals surface area contributed by atoms with Crippen molar-refractivity contribution in [1.29, 1.82) is 0 Å². The molecule has 0 unspecified atom stereocenters. The molecule has 1 fully saturated rings. The zero-order valence-corrected chi connectivity index (χ0v) is 14.5. The molecule has 1 amide bonds. The molecule has 2 aromatic carbocycles. The maximum Gasteiger partial charge on any atom is 0.236 e. The summed E-state index contributed by atoms with van der Waals surface area (Å²) in [6, 6.07) is 16.9. The van der Waals surface area contributed by atoms with Gasteiger partial charge in [-0.25, -0.2) is 4.39 Å². The van der Waals surface area contributed by atoms with Gasteiger partial charge in [0.15, 0.2) is 0 Å². The van der Waals surface area contributed by atoms with E-state index < -0.39 is 0 Å². The Morgan fingerprint density at radius 3 is 2.36 bits per heavy atom. The molecule has 3 rings (SSSR count). The minimum absolute atomic E-state index is 0.153. The molecule has 2 aromatic rings. The van der Waals surface area contributed by atoms with Crippen LogP contribution in [0.3, 0.4) is 0 Å². The van der Waals surface area contributed by atoms with Crippen LogP contribution in [0.5, 0.6) is 0 Å². The fourth-order valence-corrected chi connectivity index (χ4v) is 3.36. The summed E-state index contributed by atoms with van der Waals surface area (Å²) in [4.78, 5) is 14.3. The standard InChI is InChI=1S/C21H25FN2O/c22-20-8-6-19(7-9-20)15-23-16-21(25)24-12-10-18(11-13-24)14-17-4-2-1-3-5-17/h1-9,18,23H,10-16H2. The Morgan fingerprint density at radius 1 is 1.00 bits per heavy atom. The molecule has 1 N–H and O–H groups in total. The summed E-state index contributed by atoms with van der Waals surface area (Å²) < 4.78 is 12.9. The van der Waals surface area contributed by atoms with Crippen molar-refractivity contribution in [3.63, 3.8) is 0 Å². The van der Waals surface area contributed by atoms with E-state index in [1.54, 1.807) is 12.1 Å². The van der Waals surface area contributed by atoms with E-state index in [1.165, 1.54) is 17.7 Å². The third-order valence-corrected chi connectivity index (χ3v) is 4.85. The van der Waals surface area contributed by atoms with Gasteiger partial charge in [0, 0.05) is 19.6 Å². The van der Waals surface area contributed by atoms with Crippen molar-refractivity contribution in [2.45, 2.75) is 25.8 Å². The zero-order chi connectivity index (χ0) is 17.5. The highest BCUT2D eigenvalue weighted by Crippen LogP contribution is 2.21. The lowest BCUT2D eigenvalue weighted by Gasteiger charge is -2.32. The number of nitrogens with one attached hydrogen (secondary N) is 1. The highest BCUT2D eigenvalue weighted by Gasteiger charge is 2.22. The van der Waals surface area contributed by atoms with Gasteiger partial charge in [0.05, 0.1) is 6.54 Å². The van der Waals surface area contributed by atoms with Crippen molar-refractivity contribution in [1.82, 2.24) is 10.2 Å². The number of carbonyl (C=O) groups is 1. The van der Waals surface area contributed by atoms with Crippen LogP contribution in [0.2, 0.25) is 0 Å². The van der Waals surface area contributed by atoms with Crippen LogP contribution in [0, 0.1) is 11.7 Å². The topological polar surface area (TPSA) is 32.3 Å². The molecule has 4 heteroatoms. The molecule has 1 aliphatic rings. The molecule has 0 aromatic heterocycles. The third kappa shape index (κ3) is 5.40. The molecule has 132 valence electrons. The van der Waals surface area contributed by atoms with Gasteiger partial charge in [-0.1, -0.05) is 42.5 Å². The van der Waals surface area contributed by atoms with E-state index in [1.807, 2.05) is 11.0 Å². The number of rotatable bonds is 6. The van der Waals surface area contributed by atoms with E-state index in [9.17, 15) is 9.18 Å². The fraction of sp³-hybridized carbons (Fsp3) is 0.381. The van der Waals surface area contributed by atoms with Crippen molar-refractivity contribution in [3.05, 3.63) is 71.5 Å². The van der Waals surface area contributed by atoms with Crippen molar-refractivity contribution in [3.8, 4) is 0 Å². The summed E-state index contributed by atoms with van der Waals surface area (Å²) in [6.45, 7) is 2.60. The van der Waals surface area contributed by atoms with Crippen LogP contribution in [-0.2, 0) is 17.8 Å². The van der Waals surface area contributed by atoms with Crippen LogP contribution in [0.1, 0.15) is 24.0 Å². The number of carbonyl (C=O) groups excluding carboxylic acids is 1. The number of hydrogen-bond donors (Lipinski definition) is 1. The predicted molar refractivity (Wildman–Crippen MR) is 97.6 cm³/mol. The van der Waals surface area contributed by atoms with Crippen molar-refractivity contribution < 1.29 is 9.18 Å². The smallest absolute Gasteiger partial charge is 0.236 e. The first-order chi connectivity index (χ1) is 12.2. The highest BCUT2D eigenvalue weighted by molar-refractivity contribution is 5.78.